The Morgan fingerprint density at radius 2 is 1.71 bits per heavy atom. The third kappa shape index (κ3) is 3.06. The number of hydrogen-bond donors (Lipinski definition) is 0. The molecular formula is C16H22NO3P. The third-order valence-corrected chi connectivity index (χ3v) is 6.49. The fraction of sp³-hybridized carbons (Fsp3) is 0.562. The average molecular weight is 307 g/mol. The second-order valence-corrected chi connectivity index (χ2v) is 8.22. The highest BCUT2D eigenvalue weighted by Crippen LogP contribution is 2.77. The molecular weight excluding hydrogens is 285 g/mol. The van der Waals surface area contributed by atoms with Gasteiger partial charge < -0.3 is 9.05 Å². The van der Waals surface area contributed by atoms with Gasteiger partial charge in [0.15, 0.2) is 5.16 Å². The number of nitriles is 1. The van der Waals surface area contributed by atoms with Gasteiger partial charge in [-0.05, 0) is 39.7 Å². The second kappa shape index (κ2) is 5.93. The Hall–Kier alpha value is -1.14. The summed E-state index contributed by atoms with van der Waals surface area (Å²) in [5.74, 6) is -0.0907. The number of nitrogens with zero attached hydrogens (tertiary/aromatic N) is 1. The van der Waals surface area contributed by atoms with Crippen LogP contribution < -0.4 is 0 Å². The van der Waals surface area contributed by atoms with Gasteiger partial charge in [0, 0.05) is 5.92 Å². The fourth-order valence-corrected chi connectivity index (χ4v) is 5.18. The first-order valence-corrected chi connectivity index (χ1v) is 8.82. The first-order chi connectivity index (χ1) is 9.84. The summed E-state index contributed by atoms with van der Waals surface area (Å²) in [4.78, 5) is 0. The summed E-state index contributed by atoms with van der Waals surface area (Å²) in [6.45, 7) is 7.23. The standard InChI is InChI=1S/C16H22NO3P/c1-12(2)19-21(18,20-13(3)4)16(11-17)10-15(16)14-8-6-5-7-9-14/h5-9,12-13,15H,10H2,1-4H3/t15-,16-/m1/s1. The van der Waals surface area contributed by atoms with E-state index in [1.165, 1.54) is 0 Å². The molecule has 1 fully saturated rings. The van der Waals surface area contributed by atoms with E-state index >= 15 is 0 Å². The summed E-state index contributed by atoms with van der Waals surface area (Å²) in [5.41, 5.74) is 1.01. The Kier molecular flexibility index (Phi) is 4.58. The molecule has 0 N–H and O–H groups in total. The van der Waals surface area contributed by atoms with Crippen LogP contribution in [-0.2, 0) is 13.6 Å². The van der Waals surface area contributed by atoms with E-state index in [-0.39, 0.29) is 18.1 Å². The molecule has 1 aliphatic carbocycles. The highest BCUT2D eigenvalue weighted by Gasteiger charge is 2.70. The first-order valence-electron chi connectivity index (χ1n) is 7.28. The summed E-state index contributed by atoms with van der Waals surface area (Å²) in [6.07, 6.45) is 0.0122. The molecule has 0 heterocycles. The summed E-state index contributed by atoms with van der Waals surface area (Å²) in [7, 11) is -3.51. The maximum absolute atomic E-state index is 13.3. The van der Waals surface area contributed by atoms with Crippen molar-refractivity contribution in [2.24, 2.45) is 0 Å². The lowest BCUT2D eigenvalue weighted by atomic mass is 10.1. The molecule has 2 atom stereocenters. The van der Waals surface area contributed by atoms with Crippen LogP contribution in [0.3, 0.4) is 0 Å². The zero-order valence-electron chi connectivity index (χ0n) is 12.9. The van der Waals surface area contributed by atoms with Gasteiger partial charge in [0.1, 0.15) is 0 Å². The molecule has 0 aromatic heterocycles. The van der Waals surface area contributed by atoms with Crippen LogP contribution >= 0.6 is 7.60 Å². The molecule has 1 aromatic rings. The van der Waals surface area contributed by atoms with Crippen molar-refractivity contribution >= 4 is 7.60 Å². The third-order valence-electron chi connectivity index (χ3n) is 3.52. The van der Waals surface area contributed by atoms with Crippen molar-refractivity contribution in [1.29, 1.82) is 5.26 Å². The Morgan fingerprint density at radius 3 is 2.14 bits per heavy atom. The molecule has 0 radical (unpaired) electrons. The molecule has 5 heteroatoms. The van der Waals surface area contributed by atoms with Crippen LogP contribution in [0.5, 0.6) is 0 Å². The molecule has 0 aliphatic heterocycles. The number of benzene rings is 1. The van der Waals surface area contributed by atoms with E-state index in [0.717, 1.165) is 5.56 Å². The fourth-order valence-electron chi connectivity index (χ4n) is 2.59. The van der Waals surface area contributed by atoms with E-state index in [2.05, 4.69) is 6.07 Å². The zero-order valence-corrected chi connectivity index (χ0v) is 13.8. The predicted octanol–water partition coefficient (Wildman–Crippen LogP) is 4.48. The van der Waals surface area contributed by atoms with Crippen molar-refractivity contribution in [3.05, 3.63) is 35.9 Å². The van der Waals surface area contributed by atoms with E-state index in [9.17, 15) is 9.83 Å². The maximum atomic E-state index is 13.3. The molecule has 0 spiro atoms. The van der Waals surface area contributed by atoms with Crippen LogP contribution in [0.2, 0.25) is 0 Å². The number of rotatable bonds is 6. The van der Waals surface area contributed by atoms with E-state index in [1.807, 2.05) is 30.3 Å². The lowest BCUT2D eigenvalue weighted by Crippen LogP contribution is -2.20. The van der Waals surface area contributed by atoms with Crippen molar-refractivity contribution in [3.8, 4) is 6.07 Å². The smallest absolute Gasteiger partial charge is 0.305 e. The van der Waals surface area contributed by atoms with Crippen LogP contribution in [-0.4, -0.2) is 17.4 Å². The normalized spacial score (nSPS) is 25.1. The van der Waals surface area contributed by atoms with E-state index in [4.69, 9.17) is 9.05 Å². The van der Waals surface area contributed by atoms with Crippen LogP contribution in [0.4, 0.5) is 0 Å². The van der Waals surface area contributed by atoms with Gasteiger partial charge >= 0.3 is 7.60 Å². The molecule has 2 rings (SSSR count). The van der Waals surface area contributed by atoms with Gasteiger partial charge in [0.25, 0.3) is 0 Å². The van der Waals surface area contributed by atoms with Gasteiger partial charge in [-0.2, -0.15) is 5.26 Å². The van der Waals surface area contributed by atoms with Gasteiger partial charge in [0.05, 0.1) is 18.3 Å². The Labute approximate surface area is 126 Å². The van der Waals surface area contributed by atoms with Crippen molar-refractivity contribution in [3.63, 3.8) is 0 Å². The lowest BCUT2D eigenvalue weighted by molar-refractivity contribution is 0.137. The van der Waals surface area contributed by atoms with Crippen LogP contribution in [0.15, 0.2) is 30.3 Å². The monoisotopic (exact) mass is 307 g/mol. The predicted molar refractivity (Wildman–Crippen MR) is 82.2 cm³/mol. The molecule has 0 amide bonds. The molecule has 0 bridgehead atoms. The molecule has 0 saturated heterocycles. The second-order valence-electron chi connectivity index (χ2n) is 6.01. The molecule has 114 valence electrons. The topological polar surface area (TPSA) is 59.3 Å². The van der Waals surface area contributed by atoms with Crippen LogP contribution in [0, 0.1) is 11.3 Å². The van der Waals surface area contributed by atoms with Gasteiger partial charge in [-0.15, -0.1) is 0 Å². The lowest BCUT2D eigenvalue weighted by Gasteiger charge is -2.27. The summed E-state index contributed by atoms with van der Waals surface area (Å²) >= 11 is 0. The molecule has 1 aliphatic rings. The molecule has 4 nitrogen and oxygen atoms in total. The first kappa shape index (κ1) is 16.2. The molecule has 1 aromatic carbocycles. The zero-order chi connectivity index (χ0) is 15.7. The van der Waals surface area contributed by atoms with Gasteiger partial charge in [0.2, 0.25) is 0 Å². The van der Waals surface area contributed by atoms with E-state index < -0.39 is 12.8 Å². The number of hydrogen-bond acceptors (Lipinski definition) is 4. The Bertz CT molecular complexity index is 565. The summed E-state index contributed by atoms with van der Waals surface area (Å²) in [6, 6.07) is 11.9. The summed E-state index contributed by atoms with van der Waals surface area (Å²) < 4.78 is 24.5. The molecule has 1 saturated carbocycles. The van der Waals surface area contributed by atoms with Gasteiger partial charge in [-0.3, -0.25) is 4.57 Å². The van der Waals surface area contributed by atoms with Crippen LogP contribution in [0.1, 0.15) is 45.6 Å². The Morgan fingerprint density at radius 1 is 1.19 bits per heavy atom. The Balaban J connectivity index is 2.35. The molecule has 0 unspecified atom stereocenters. The minimum absolute atomic E-state index is 0.0907. The van der Waals surface area contributed by atoms with Crippen molar-refractivity contribution < 1.29 is 13.6 Å². The van der Waals surface area contributed by atoms with Crippen molar-refractivity contribution in [1.82, 2.24) is 0 Å². The minimum Gasteiger partial charge on any atom is -0.305 e. The van der Waals surface area contributed by atoms with Gasteiger partial charge in [-0.1, -0.05) is 30.3 Å². The highest BCUT2D eigenvalue weighted by atomic mass is 31.2. The van der Waals surface area contributed by atoms with Crippen LogP contribution in [0.25, 0.3) is 0 Å². The average Bonchev–Trinajstić information content (AvgIpc) is 3.14. The summed E-state index contributed by atoms with van der Waals surface area (Å²) in [5, 5.41) is 8.61. The molecule has 21 heavy (non-hydrogen) atoms. The van der Waals surface area contributed by atoms with E-state index in [1.54, 1.807) is 27.7 Å². The quantitative estimate of drug-likeness (QED) is 0.727. The van der Waals surface area contributed by atoms with E-state index in [0.29, 0.717) is 6.42 Å². The maximum Gasteiger partial charge on any atom is 0.351 e. The SMILES string of the molecule is CC(C)OP(=O)(OC(C)C)[C@@]1(C#N)C[C@@H]1c1ccccc1. The minimum atomic E-state index is -3.51. The highest BCUT2D eigenvalue weighted by molar-refractivity contribution is 7.56. The van der Waals surface area contributed by atoms with Crippen molar-refractivity contribution in [2.45, 2.75) is 57.4 Å². The van der Waals surface area contributed by atoms with Gasteiger partial charge in [-0.25, -0.2) is 0 Å². The largest absolute Gasteiger partial charge is 0.351 e. The van der Waals surface area contributed by atoms with Crippen molar-refractivity contribution in [2.75, 3.05) is 0 Å².